The lowest BCUT2D eigenvalue weighted by atomic mass is 10.1. The Morgan fingerprint density at radius 2 is 1.90 bits per heavy atom. The first kappa shape index (κ1) is 14.5. The summed E-state index contributed by atoms with van der Waals surface area (Å²) in [6, 6.07) is -0.0700. The molecule has 1 saturated heterocycles. The maximum Gasteiger partial charge on any atom is 0.322 e. The number of amides is 2. The molecule has 6 heteroatoms. The Labute approximate surface area is 124 Å². The molecule has 2 aliphatic carbocycles. The molecular formula is C15H22N2O4. The molecule has 116 valence electrons. The van der Waals surface area contributed by atoms with Gasteiger partial charge in [0.15, 0.2) is 0 Å². The van der Waals surface area contributed by atoms with Gasteiger partial charge in [-0.3, -0.25) is 19.3 Å². The van der Waals surface area contributed by atoms with Gasteiger partial charge in [-0.25, -0.2) is 0 Å². The molecule has 0 spiro atoms. The first-order valence-electron chi connectivity index (χ1n) is 7.57. The van der Waals surface area contributed by atoms with E-state index in [9.17, 15) is 14.4 Å². The molecule has 0 radical (unpaired) electrons. The number of piperidine rings is 1. The van der Waals surface area contributed by atoms with Crippen LogP contribution in [0, 0.1) is 17.3 Å². The van der Waals surface area contributed by atoms with Crippen LogP contribution in [0.3, 0.4) is 0 Å². The summed E-state index contributed by atoms with van der Waals surface area (Å²) in [5, 5.41) is 3.21. The molecule has 3 rings (SSSR count). The molecule has 1 heterocycles. The Bertz CT molecular complexity index is 474. The lowest BCUT2D eigenvalue weighted by Crippen LogP contribution is -2.44. The van der Waals surface area contributed by atoms with Gasteiger partial charge in [-0.15, -0.1) is 0 Å². The predicted octanol–water partition coefficient (Wildman–Crippen LogP) is 0.311. The zero-order valence-corrected chi connectivity index (χ0v) is 12.7. The smallest absolute Gasteiger partial charge is 0.322 e. The van der Waals surface area contributed by atoms with E-state index in [1.54, 1.807) is 0 Å². The molecule has 3 unspecified atom stereocenters. The van der Waals surface area contributed by atoms with Crippen LogP contribution in [0.4, 0.5) is 0 Å². The second kappa shape index (κ2) is 4.80. The molecule has 21 heavy (non-hydrogen) atoms. The monoisotopic (exact) mass is 294 g/mol. The van der Waals surface area contributed by atoms with E-state index >= 15 is 0 Å². The summed E-state index contributed by atoms with van der Waals surface area (Å²) in [6.07, 6.45) is 2.54. The van der Waals surface area contributed by atoms with Crippen molar-refractivity contribution in [2.45, 2.75) is 45.2 Å². The van der Waals surface area contributed by atoms with E-state index in [2.05, 4.69) is 5.32 Å². The first-order chi connectivity index (χ1) is 9.87. The molecule has 3 atom stereocenters. The van der Waals surface area contributed by atoms with Crippen molar-refractivity contribution >= 4 is 17.8 Å². The number of carbonyl (C=O) groups excluding carboxylic acids is 3. The molecule has 2 saturated carbocycles. The summed E-state index contributed by atoms with van der Waals surface area (Å²) in [6.45, 7) is 4.21. The number of esters is 1. The number of carbonyl (C=O) groups is 3. The molecule has 0 aromatic heterocycles. The number of hydrogen-bond donors (Lipinski definition) is 1. The van der Waals surface area contributed by atoms with E-state index < -0.39 is 6.04 Å². The maximum atomic E-state index is 12.2. The minimum absolute atomic E-state index is 0.0787. The molecule has 3 fully saturated rings. The van der Waals surface area contributed by atoms with Gasteiger partial charge in [-0.05, 0) is 24.7 Å². The lowest BCUT2D eigenvalue weighted by Gasteiger charge is -2.23. The summed E-state index contributed by atoms with van der Waals surface area (Å²) in [4.78, 5) is 37.5. The Balaban J connectivity index is 1.58. The number of fused-ring (bicyclic) bond motifs is 1. The average Bonchev–Trinajstić information content (AvgIpc) is 3.30. The molecule has 1 aliphatic heterocycles. The molecule has 3 aliphatic rings. The minimum atomic E-state index is -0.437. The number of rotatable bonds is 6. The van der Waals surface area contributed by atoms with Crippen molar-refractivity contribution < 1.29 is 19.1 Å². The molecule has 2 amide bonds. The van der Waals surface area contributed by atoms with Gasteiger partial charge in [0.25, 0.3) is 0 Å². The van der Waals surface area contributed by atoms with E-state index in [1.807, 2.05) is 13.8 Å². The standard InChI is InChI=1S/C15H22N2O4/c1-15(2)10-11(15)13(19)17(12(10)18)7-6-9(14(20)21-3)16-8-4-5-8/h8-11,16H,4-7H2,1-3H3. The maximum absolute atomic E-state index is 12.2. The number of nitrogens with one attached hydrogen (secondary N) is 1. The summed E-state index contributed by atoms with van der Waals surface area (Å²) in [5.74, 6) is -0.794. The van der Waals surface area contributed by atoms with Crippen molar-refractivity contribution in [1.82, 2.24) is 10.2 Å². The topological polar surface area (TPSA) is 75.7 Å². The third-order valence-corrected chi connectivity index (χ3v) is 5.03. The van der Waals surface area contributed by atoms with Gasteiger partial charge < -0.3 is 10.1 Å². The highest BCUT2D eigenvalue weighted by atomic mass is 16.5. The quantitative estimate of drug-likeness (QED) is 0.564. The van der Waals surface area contributed by atoms with Crippen molar-refractivity contribution in [3.05, 3.63) is 0 Å². The van der Waals surface area contributed by atoms with Gasteiger partial charge in [0.1, 0.15) is 6.04 Å². The van der Waals surface area contributed by atoms with Crippen LogP contribution in [0.25, 0.3) is 0 Å². The number of nitrogens with zero attached hydrogens (tertiary/aromatic N) is 1. The highest BCUT2D eigenvalue weighted by Crippen LogP contribution is 2.63. The van der Waals surface area contributed by atoms with Gasteiger partial charge in [-0.1, -0.05) is 13.8 Å². The largest absolute Gasteiger partial charge is 0.468 e. The third-order valence-electron chi connectivity index (χ3n) is 5.03. The highest BCUT2D eigenvalue weighted by Gasteiger charge is 2.72. The Hall–Kier alpha value is -1.43. The fourth-order valence-electron chi connectivity index (χ4n) is 3.43. The fourth-order valence-corrected chi connectivity index (χ4v) is 3.43. The summed E-state index contributed by atoms with van der Waals surface area (Å²) in [7, 11) is 1.35. The normalized spacial score (nSPS) is 31.1. The lowest BCUT2D eigenvalue weighted by molar-refractivity contribution is -0.147. The number of likely N-dealkylation sites (tertiary alicyclic amines) is 1. The number of ether oxygens (including phenoxy) is 1. The van der Waals surface area contributed by atoms with E-state index in [-0.39, 0.29) is 35.0 Å². The second-order valence-electron chi connectivity index (χ2n) is 6.91. The Morgan fingerprint density at radius 1 is 1.33 bits per heavy atom. The van der Waals surface area contributed by atoms with Crippen molar-refractivity contribution in [3.63, 3.8) is 0 Å². The van der Waals surface area contributed by atoms with Crippen molar-refractivity contribution in [2.75, 3.05) is 13.7 Å². The van der Waals surface area contributed by atoms with Crippen molar-refractivity contribution in [3.8, 4) is 0 Å². The molecule has 0 aromatic carbocycles. The summed E-state index contributed by atoms with van der Waals surface area (Å²) < 4.78 is 4.78. The number of imide groups is 1. The molecule has 1 N–H and O–H groups in total. The number of hydrogen-bond acceptors (Lipinski definition) is 5. The van der Waals surface area contributed by atoms with Gasteiger partial charge >= 0.3 is 5.97 Å². The Kier molecular flexibility index (Phi) is 3.31. The van der Waals surface area contributed by atoms with E-state index in [0.717, 1.165) is 12.8 Å². The third kappa shape index (κ3) is 2.35. The van der Waals surface area contributed by atoms with Crippen LogP contribution in [-0.2, 0) is 19.1 Å². The van der Waals surface area contributed by atoms with Crippen molar-refractivity contribution in [2.24, 2.45) is 17.3 Å². The summed E-state index contributed by atoms with van der Waals surface area (Å²) in [5.41, 5.74) is -0.182. The minimum Gasteiger partial charge on any atom is -0.468 e. The van der Waals surface area contributed by atoms with Gasteiger partial charge in [0.05, 0.1) is 18.9 Å². The van der Waals surface area contributed by atoms with Gasteiger partial charge in [0, 0.05) is 12.6 Å². The van der Waals surface area contributed by atoms with Crippen LogP contribution in [-0.4, -0.2) is 48.4 Å². The average molecular weight is 294 g/mol. The first-order valence-corrected chi connectivity index (χ1v) is 7.57. The highest BCUT2D eigenvalue weighted by molar-refractivity contribution is 6.10. The molecule has 0 aromatic rings. The fraction of sp³-hybridized carbons (Fsp3) is 0.800. The molecule has 0 bridgehead atoms. The van der Waals surface area contributed by atoms with Crippen LogP contribution in [0.5, 0.6) is 0 Å². The zero-order valence-electron chi connectivity index (χ0n) is 12.7. The van der Waals surface area contributed by atoms with Crippen LogP contribution >= 0.6 is 0 Å². The van der Waals surface area contributed by atoms with Crippen LogP contribution in [0.15, 0.2) is 0 Å². The van der Waals surface area contributed by atoms with Gasteiger partial charge in [0.2, 0.25) is 11.8 Å². The predicted molar refractivity (Wildman–Crippen MR) is 74.1 cm³/mol. The van der Waals surface area contributed by atoms with Crippen LogP contribution in [0.1, 0.15) is 33.1 Å². The van der Waals surface area contributed by atoms with Gasteiger partial charge in [-0.2, -0.15) is 0 Å². The molecule has 6 nitrogen and oxygen atoms in total. The second-order valence-corrected chi connectivity index (χ2v) is 6.91. The van der Waals surface area contributed by atoms with E-state index in [1.165, 1.54) is 12.0 Å². The van der Waals surface area contributed by atoms with E-state index in [4.69, 9.17) is 4.74 Å². The van der Waals surface area contributed by atoms with Crippen LogP contribution < -0.4 is 5.32 Å². The zero-order chi connectivity index (χ0) is 15.4. The SMILES string of the molecule is COC(=O)C(CCN1C(=O)C2C(C1=O)C2(C)C)NC1CC1. The summed E-state index contributed by atoms with van der Waals surface area (Å²) >= 11 is 0. The molecular weight excluding hydrogens is 272 g/mol. The number of methoxy groups -OCH3 is 1. The van der Waals surface area contributed by atoms with Crippen LogP contribution in [0.2, 0.25) is 0 Å². The van der Waals surface area contributed by atoms with Crippen molar-refractivity contribution in [1.29, 1.82) is 0 Å². The van der Waals surface area contributed by atoms with E-state index in [0.29, 0.717) is 19.0 Å². The Morgan fingerprint density at radius 3 is 2.38 bits per heavy atom.